The van der Waals surface area contributed by atoms with Crippen LogP contribution >= 0.6 is 0 Å². The van der Waals surface area contributed by atoms with Gasteiger partial charge in [0.2, 0.25) is 10.0 Å². The van der Waals surface area contributed by atoms with Gasteiger partial charge in [0.1, 0.15) is 0 Å². The molecular formula is C16H18N2O4S. The van der Waals surface area contributed by atoms with E-state index in [1.807, 2.05) is 0 Å². The third-order valence-electron chi connectivity index (χ3n) is 4.67. The molecule has 1 N–H and O–H groups in total. The molecule has 0 bridgehead atoms. The fraction of sp³-hybridized carbons (Fsp3) is 0.375. The molecule has 1 aliphatic rings. The number of nitrogens with zero attached hydrogens (tertiary/aromatic N) is 2. The number of hydrogen-bond acceptors (Lipinski definition) is 4. The second-order valence-electron chi connectivity index (χ2n) is 5.85. The van der Waals surface area contributed by atoms with Crippen molar-refractivity contribution in [3.63, 3.8) is 0 Å². The Morgan fingerprint density at radius 3 is 2.78 bits per heavy atom. The van der Waals surface area contributed by atoms with Crippen LogP contribution in [0.3, 0.4) is 0 Å². The number of aliphatic carboxylic acids is 1. The molecule has 0 spiro atoms. The summed E-state index contributed by atoms with van der Waals surface area (Å²) in [6, 6.07) is 8.37. The Labute approximate surface area is 134 Å². The summed E-state index contributed by atoms with van der Waals surface area (Å²) in [4.78, 5) is 15.9. The van der Waals surface area contributed by atoms with E-state index >= 15 is 0 Å². The van der Waals surface area contributed by atoms with Crippen molar-refractivity contribution < 1.29 is 18.3 Å². The summed E-state index contributed by atoms with van der Waals surface area (Å²) >= 11 is 0. The largest absolute Gasteiger partial charge is 0.481 e. The molecular weight excluding hydrogens is 316 g/mol. The number of pyridine rings is 1. The summed E-state index contributed by atoms with van der Waals surface area (Å²) in [6.45, 7) is 2.02. The zero-order chi connectivity index (χ0) is 16.7. The van der Waals surface area contributed by atoms with Gasteiger partial charge in [-0.25, -0.2) is 8.42 Å². The number of carboxylic acid groups (broad SMARTS) is 1. The number of carbonyl (C=O) groups is 1. The van der Waals surface area contributed by atoms with E-state index in [0.29, 0.717) is 23.7 Å². The minimum Gasteiger partial charge on any atom is -0.481 e. The smallest absolute Gasteiger partial charge is 0.311 e. The van der Waals surface area contributed by atoms with Gasteiger partial charge in [-0.2, -0.15) is 4.31 Å². The Kier molecular flexibility index (Phi) is 3.85. The van der Waals surface area contributed by atoms with Crippen molar-refractivity contribution in [1.82, 2.24) is 9.29 Å². The van der Waals surface area contributed by atoms with Gasteiger partial charge in [0.05, 0.1) is 15.8 Å². The van der Waals surface area contributed by atoms with Crippen molar-refractivity contribution in [3.8, 4) is 0 Å². The highest BCUT2D eigenvalue weighted by atomic mass is 32.2. The van der Waals surface area contributed by atoms with Gasteiger partial charge in [0.25, 0.3) is 0 Å². The summed E-state index contributed by atoms with van der Waals surface area (Å²) in [5, 5.41) is 10.0. The zero-order valence-corrected chi connectivity index (χ0v) is 13.6. The molecule has 2 aromatic rings. The first-order chi connectivity index (χ1) is 10.9. The molecule has 2 heterocycles. The quantitative estimate of drug-likeness (QED) is 0.925. The predicted octanol–water partition coefficient (Wildman–Crippen LogP) is 2.11. The Morgan fingerprint density at radius 1 is 1.35 bits per heavy atom. The average molecular weight is 334 g/mol. The first-order valence-electron chi connectivity index (χ1n) is 7.48. The van der Waals surface area contributed by atoms with Crippen LogP contribution in [0.4, 0.5) is 0 Å². The number of fused-ring (bicyclic) bond motifs is 1. The van der Waals surface area contributed by atoms with Crippen LogP contribution in [0.15, 0.2) is 41.4 Å². The van der Waals surface area contributed by atoms with Crippen LogP contribution < -0.4 is 0 Å². The lowest BCUT2D eigenvalue weighted by Gasteiger charge is -2.23. The Balaban J connectivity index is 2.04. The van der Waals surface area contributed by atoms with Gasteiger partial charge < -0.3 is 5.11 Å². The van der Waals surface area contributed by atoms with Gasteiger partial charge in [-0.1, -0.05) is 13.0 Å². The van der Waals surface area contributed by atoms with Crippen LogP contribution in [-0.4, -0.2) is 41.9 Å². The summed E-state index contributed by atoms with van der Waals surface area (Å²) in [6.07, 6.45) is 2.35. The van der Waals surface area contributed by atoms with Crippen LogP contribution in [0.5, 0.6) is 0 Å². The van der Waals surface area contributed by atoms with Crippen molar-refractivity contribution in [2.45, 2.75) is 24.7 Å². The number of carboxylic acids is 1. The molecule has 1 unspecified atom stereocenters. The van der Waals surface area contributed by atoms with E-state index in [2.05, 4.69) is 4.98 Å². The number of aromatic nitrogens is 1. The van der Waals surface area contributed by atoms with Crippen molar-refractivity contribution in [2.24, 2.45) is 5.41 Å². The minimum atomic E-state index is -3.75. The molecule has 0 aliphatic carbocycles. The highest BCUT2D eigenvalue weighted by Gasteiger charge is 2.47. The van der Waals surface area contributed by atoms with Crippen molar-refractivity contribution in [1.29, 1.82) is 0 Å². The lowest BCUT2D eigenvalue weighted by atomic mass is 9.85. The summed E-state index contributed by atoms with van der Waals surface area (Å²) in [7, 11) is -3.75. The molecule has 1 atom stereocenters. The summed E-state index contributed by atoms with van der Waals surface area (Å²) in [5.74, 6) is -0.933. The SMILES string of the molecule is CCC1(C(=O)O)CCN(S(=O)(=O)c2cccc3ncccc23)C1. The first-order valence-corrected chi connectivity index (χ1v) is 8.92. The Bertz CT molecular complexity index is 860. The van der Waals surface area contributed by atoms with E-state index in [1.54, 1.807) is 43.5 Å². The molecule has 0 amide bonds. The van der Waals surface area contributed by atoms with Crippen LogP contribution in [-0.2, 0) is 14.8 Å². The lowest BCUT2D eigenvalue weighted by Crippen LogP contribution is -2.36. The standard InChI is InChI=1S/C16H18N2O4S/c1-2-16(15(19)20)8-10-18(11-16)23(21,22)14-7-3-6-13-12(14)5-4-9-17-13/h3-7,9H,2,8,10-11H2,1H3,(H,19,20). The third-order valence-corrected chi connectivity index (χ3v) is 6.58. The first kappa shape index (κ1) is 15.9. The van der Waals surface area contributed by atoms with Crippen molar-refractivity contribution in [3.05, 3.63) is 36.5 Å². The van der Waals surface area contributed by atoms with Gasteiger partial charge in [0.15, 0.2) is 0 Å². The Hall–Kier alpha value is -1.99. The molecule has 1 aromatic carbocycles. The fourth-order valence-electron chi connectivity index (χ4n) is 3.09. The number of rotatable bonds is 4. The molecule has 6 nitrogen and oxygen atoms in total. The lowest BCUT2D eigenvalue weighted by molar-refractivity contribution is -0.148. The van der Waals surface area contributed by atoms with E-state index in [9.17, 15) is 18.3 Å². The Morgan fingerprint density at radius 2 is 2.13 bits per heavy atom. The predicted molar refractivity (Wildman–Crippen MR) is 85.5 cm³/mol. The normalized spacial score (nSPS) is 22.5. The van der Waals surface area contributed by atoms with Gasteiger partial charge in [0, 0.05) is 24.7 Å². The third kappa shape index (κ3) is 2.49. The summed E-state index contributed by atoms with van der Waals surface area (Å²) in [5.41, 5.74) is -0.386. The molecule has 1 aromatic heterocycles. The van der Waals surface area contributed by atoms with E-state index in [-0.39, 0.29) is 18.0 Å². The van der Waals surface area contributed by atoms with Crippen LogP contribution in [0.25, 0.3) is 10.9 Å². The summed E-state index contributed by atoms with van der Waals surface area (Å²) < 4.78 is 27.2. The maximum atomic E-state index is 13.0. The maximum Gasteiger partial charge on any atom is 0.311 e. The maximum absolute atomic E-state index is 13.0. The molecule has 122 valence electrons. The van der Waals surface area contributed by atoms with Crippen LogP contribution in [0, 0.1) is 5.41 Å². The number of sulfonamides is 1. The average Bonchev–Trinajstić information content (AvgIpc) is 3.01. The van der Waals surface area contributed by atoms with Crippen molar-refractivity contribution >= 4 is 26.9 Å². The minimum absolute atomic E-state index is 0.0117. The van der Waals surface area contributed by atoms with Crippen LogP contribution in [0.1, 0.15) is 19.8 Å². The monoisotopic (exact) mass is 334 g/mol. The second kappa shape index (κ2) is 5.58. The highest BCUT2D eigenvalue weighted by Crippen LogP contribution is 2.37. The van der Waals surface area contributed by atoms with Gasteiger partial charge in [-0.3, -0.25) is 9.78 Å². The highest BCUT2D eigenvalue weighted by molar-refractivity contribution is 7.89. The van der Waals surface area contributed by atoms with E-state index < -0.39 is 21.4 Å². The van der Waals surface area contributed by atoms with Gasteiger partial charge in [-0.05, 0) is 37.1 Å². The van der Waals surface area contributed by atoms with Crippen LogP contribution in [0.2, 0.25) is 0 Å². The molecule has 3 rings (SSSR count). The topological polar surface area (TPSA) is 87.6 Å². The molecule has 7 heteroatoms. The number of benzene rings is 1. The molecule has 0 saturated carbocycles. The second-order valence-corrected chi connectivity index (χ2v) is 7.76. The van der Waals surface area contributed by atoms with E-state index in [0.717, 1.165) is 0 Å². The number of hydrogen-bond donors (Lipinski definition) is 1. The van der Waals surface area contributed by atoms with E-state index in [1.165, 1.54) is 4.31 Å². The molecule has 0 radical (unpaired) electrons. The molecule has 1 aliphatic heterocycles. The zero-order valence-electron chi connectivity index (χ0n) is 12.8. The van der Waals surface area contributed by atoms with Gasteiger partial charge in [-0.15, -0.1) is 0 Å². The molecule has 1 fully saturated rings. The van der Waals surface area contributed by atoms with Gasteiger partial charge >= 0.3 is 5.97 Å². The van der Waals surface area contributed by atoms with Crippen molar-refractivity contribution in [2.75, 3.05) is 13.1 Å². The molecule has 23 heavy (non-hydrogen) atoms. The van der Waals surface area contributed by atoms with E-state index in [4.69, 9.17) is 0 Å². The molecule has 1 saturated heterocycles. The fourth-order valence-corrected chi connectivity index (χ4v) is 4.82.